The Balaban J connectivity index is 1.38. The molecule has 0 aromatic heterocycles. The molecule has 0 bridgehead atoms. The second-order valence-electron chi connectivity index (χ2n) is 10.1. The number of ether oxygens (including phenoxy) is 1. The van der Waals surface area contributed by atoms with Gasteiger partial charge >= 0.3 is 5.97 Å². The second-order valence-corrected chi connectivity index (χ2v) is 10.1. The van der Waals surface area contributed by atoms with Crippen LogP contribution in [0.25, 0.3) is 0 Å². The topological polar surface area (TPSA) is 61.9 Å². The van der Waals surface area contributed by atoms with E-state index in [4.69, 9.17) is 4.74 Å². The van der Waals surface area contributed by atoms with E-state index in [1.54, 1.807) is 12.1 Å². The summed E-state index contributed by atoms with van der Waals surface area (Å²) >= 11 is 0. The van der Waals surface area contributed by atoms with E-state index in [9.17, 15) is 9.59 Å². The second kappa shape index (κ2) is 11.2. The third kappa shape index (κ3) is 5.39. The zero-order valence-electron chi connectivity index (χ0n) is 21.5. The van der Waals surface area contributed by atoms with Crippen LogP contribution in [0.3, 0.4) is 0 Å². The Morgan fingerprint density at radius 2 is 1.51 bits per heavy atom. The molecule has 6 nitrogen and oxygen atoms in total. The fourth-order valence-corrected chi connectivity index (χ4v) is 5.77. The minimum Gasteiger partial charge on any atom is -0.465 e. The van der Waals surface area contributed by atoms with E-state index in [2.05, 4.69) is 51.5 Å². The Bertz CT molecular complexity index is 1210. The van der Waals surface area contributed by atoms with Crippen molar-refractivity contribution in [3.8, 4) is 0 Å². The molecule has 0 unspecified atom stereocenters. The molecule has 1 N–H and O–H groups in total. The fraction of sp³-hybridized carbons (Fsp3) is 0.355. The lowest BCUT2D eigenvalue weighted by Crippen LogP contribution is -2.46. The number of rotatable bonds is 7. The number of amides is 1. The van der Waals surface area contributed by atoms with Crippen LogP contribution in [0.2, 0.25) is 0 Å². The molecule has 5 rings (SSSR count). The lowest BCUT2D eigenvalue weighted by atomic mass is 9.78. The van der Waals surface area contributed by atoms with E-state index in [1.165, 1.54) is 12.7 Å². The fourth-order valence-electron chi connectivity index (χ4n) is 5.77. The number of nitrogens with zero attached hydrogens (tertiary/aromatic N) is 2. The molecule has 6 heteroatoms. The van der Waals surface area contributed by atoms with Gasteiger partial charge in [0.2, 0.25) is 5.91 Å². The van der Waals surface area contributed by atoms with Crippen molar-refractivity contribution in [1.82, 2.24) is 4.90 Å². The zero-order chi connectivity index (χ0) is 25.7. The van der Waals surface area contributed by atoms with E-state index in [0.29, 0.717) is 11.3 Å². The van der Waals surface area contributed by atoms with Gasteiger partial charge in [0.1, 0.15) is 0 Å². The van der Waals surface area contributed by atoms with Crippen molar-refractivity contribution in [2.45, 2.75) is 37.6 Å². The summed E-state index contributed by atoms with van der Waals surface area (Å²) < 4.78 is 4.97. The quantitative estimate of drug-likeness (QED) is 0.452. The maximum absolute atomic E-state index is 13.9. The number of methoxy groups -OCH3 is 1. The van der Waals surface area contributed by atoms with Crippen LogP contribution in [0.5, 0.6) is 0 Å². The lowest BCUT2D eigenvalue weighted by Gasteiger charge is -2.37. The van der Waals surface area contributed by atoms with Gasteiger partial charge in [-0.25, -0.2) is 4.79 Å². The van der Waals surface area contributed by atoms with Crippen molar-refractivity contribution in [1.29, 1.82) is 0 Å². The largest absolute Gasteiger partial charge is 0.465 e. The minimum absolute atomic E-state index is 0.00202. The molecule has 3 aromatic rings. The minimum atomic E-state index is -0.547. The molecule has 1 aliphatic heterocycles. The molecule has 0 atom stereocenters. The molecule has 37 heavy (non-hydrogen) atoms. The molecule has 0 spiro atoms. The number of hydrogen-bond donors (Lipinski definition) is 1. The third-order valence-corrected chi connectivity index (χ3v) is 7.85. The summed E-state index contributed by atoms with van der Waals surface area (Å²) in [6.07, 6.45) is 3.71. The van der Waals surface area contributed by atoms with Crippen molar-refractivity contribution in [3.63, 3.8) is 0 Å². The zero-order valence-corrected chi connectivity index (χ0v) is 21.5. The smallest absolute Gasteiger partial charge is 0.337 e. The molecule has 1 saturated carbocycles. The van der Waals surface area contributed by atoms with Gasteiger partial charge in [-0.15, -0.1) is 0 Å². The van der Waals surface area contributed by atoms with Crippen molar-refractivity contribution < 1.29 is 14.3 Å². The maximum Gasteiger partial charge on any atom is 0.337 e. The van der Waals surface area contributed by atoms with Gasteiger partial charge in [0, 0.05) is 32.7 Å². The Hall–Kier alpha value is -3.64. The van der Waals surface area contributed by atoms with Crippen LogP contribution in [0.15, 0.2) is 78.9 Å². The van der Waals surface area contributed by atoms with Gasteiger partial charge in [0.05, 0.1) is 29.5 Å². The number of esters is 1. The van der Waals surface area contributed by atoms with Gasteiger partial charge in [-0.1, -0.05) is 73.5 Å². The predicted molar refractivity (Wildman–Crippen MR) is 147 cm³/mol. The summed E-state index contributed by atoms with van der Waals surface area (Å²) in [6.45, 7) is 4.47. The van der Waals surface area contributed by atoms with E-state index in [-0.39, 0.29) is 5.91 Å². The van der Waals surface area contributed by atoms with Gasteiger partial charge in [-0.05, 0) is 42.2 Å². The average molecular weight is 498 g/mol. The standard InChI is InChI=1S/C31H35N3O3/c1-37-29(35)25-14-15-28(34-20-18-33(19-21-34)23-24-10-4-2-5-11-24)27(22-25)32-30(36)31(16-8-9-17-31)26-12-6-3-7-13-26/h2-7,10-15,22H,8-9,16-21,23H2,1H3,(H,32,36). The number of nitrogens with one attached hydrogen (secondary N) is 1. The van der Waals surface area contributed by atoms with E-state index in [1.807, 2.05) is 30.3 Å². The first-order chi connectivity index (χ1) is 18.1. The molecular formula is C31H35N3O3. The van der Waals surface area contributed by atoms with Crippen molar-refractivity contribution >= 4 is 23.3 Å². The molecule has 0 radical (unpaired) electrons. The van der Waals surface area contributed by atoms with Crippen LogP contribution in [0.4, 0.5) is 11.4 Å². The summed E-state index contributed by atoms with van der Waals surface area (Å²) in [4.78, 5) is 31.0. The molecule has 1 heterocycles. The van der Waals surface area contributed by atoms with Crippen LogP contribution in [-0.4, -0.2) is 50.1 Å². The lowest BCUT2D eigenvalue weighted by molar-refractivity contribution is -0.121. The first kappa shape index (κ1) is 25.0. The molecule has 1 saturated heterocycles. The Morgan fingerprint density at radius 3 is 2.16 bits per heavy atom. The summed E-state index contributed by atoms with van der Waals surface area (Å²) in [7, 11) is 1.38. The SMILES string of the molecule is COC(=O)c1ccc(N2CCN(Cc3ccccc3)CC2)c(NC(=O)C2(c3ccccc3)CCCC2)c1. The number of anilines is 2. The highest BCUT2D eigenvalue weighted by Crippen LogP contribution is 2.42. The highest BCUT2D eigenvalue weighted by atomic mass is 16.5. The molecule has 2 fully saturated rings. The van der Waals surface area contributed by atoms with Crippen LogP contribution in [0, 0.1) is 0 Å². The van der Waals surface area contributed by atoms with E-state index in [0.717, 1.165) is 69.7 Å². The van der Waals surface area contributed by atoms with Crippen LogP contribution >= 0.6 is 0 Å². The van der Waals surface area contributed by atoms with Crippen molar-refractivity contribution in [3.05, 3.63) is 95.6 Å². The van der Waals surface area contributed by atoms with E-state index < -0.39 is 11.4 Å². The summed E-state index contributed by atoms with van der Waals surface area (Å²) in [6, 6.07) is 26.1. The maximum atomic E-state index is 13.9. The van der Waals surface area contributed by atoms with Gasteiger partial charge in [0.25, 0.3) is 0 Å². The molecule has 192 valence electrons. The molecule has 2 aliphatic rings. The van der Waals surface area contributed by atoms with Crippen molar-refractivity contribution in [2.75, 3.05) is 43.5 Å². The first-order valence-corrected chi connectivity index (χ1v) is 13.2. The monoisotopic (exact) mass is 497 g/mol. The first-order valence-electron chi connectivity index (χ1n) is 13.2. The van der Waals surface area contributed by atoms with Gasteiger partial charge in [-0.2, -0.15) is 0 Å². The van der Waals surface area contributed by atoms with E-state index >= 15 is 0 Å². The Labute approximate surface area is 219 Å². The van der Waals surface area contributed by atoms with Gasteiger partial charge < -0.3 is 15.0 Å². The Kier molecular flexibility index (Phi) is 7.56. The summed E-state index contributed by atoms with van der Waals surface area (Å²) in [5, 5.41) is 3.26. The van der Waals surface area contributed by atoms with Gasteiger partial charge in [-0.3, -0.25) is 9.69 Å². The highest BCUT2D eigenvalue weighted by Gasteiger charge is 2.43. The number of piperazine rings is 1. The third-order valence-electron chi connectivity index (χ3n) is 7.85. The molecule has 1 amide bonds. The number of carbonyl (C=O) groups is 2. The normalized spacial score (nSPS) is 17.4. The van der Waals surface area contributed by atoms with Crippen LogP contribution < -0.4 is 10.2 Å². The number of carbonyl (C=O) groups excluding carboxylic acids is 2. The molecular weight excluding hydrogens is 462 g/mol. The predicted octanol–water partition coefficient (Wildman–Crippen LogP) is 5.25. The molecule has 1 aliphatic carbocycles. The highest BCUT2D eigenvalue weighted by molar-refractivity contribution is 6.03. The Morgan fingerprint density at radius 1 is 0.865 bits per heavy atom. The number of hydrogen-bond acceptors (Lipinski definition) is 5. The molecule has 3 aromatic carbocycles. The summed E-state index contributed by atoms with van der Waals surface area (Å²) in [5.74, 6) is -0.407. The van der Waals surface area contributed by atoms with Crippen LogP contribution in [-0.2, 0) is 21.5 Å². The number of benzene rings is 3. The van der Waals surface area contributed by atoms with Crippen LogP contribution in [0.1, 0.15) is 47.2 Å². The summed E-state index contributed by atoms with van der Waals surface area (Å²) in [5.41, 5.74) is 3.88. The average Bonchev–Trinajstić information content (AvgIpc) is 3.46. The van der Waals surface area contributed by atoms with Crippen molar-refractivity contribution in [2.24, 2.45) is 0 Å². The van der Waals surface area contributed by atoms with Gasteiger partial charge in [0.15, 0.2) is 0 Å².